The number of hydrogen-bond donors (Lipinski definition) is 2. The van der Waals surface area contributed by atoms with E-state index in [1.54, 1.807) is 0 Å². The number of nitroso groups, excluding NO2 is 1. The molecule has 5 nitrogen and oxygen atoms in total. The zero-order chi connectivity index (χ0) is 5.82. The van der Waals surface area contributed by atoms with Crippen molar-refractivity contribution < 1.29 is 0 Å². The lowest BCUT2D eigenvalue weighted by molar-refractivity contribution is 0.196. The first-order chi connectivity index (χ1) is 3.93. The third-order valence-corrected chi connectivity index (χ3v) is 0.954. The molecular formula is C3H8N4O. The van der Waals surface area contributed by atoms with Crippen molar-refractivity contribution in [2.24, 2.45) is 5.29 Å². The molecular weight excluding hydrogens is 108 g/mol. The van der Waals surface area contributed by atoms with Gasteiger partial charge in [0.05, 0.1) is 18.6 Å². The van der Waals surface area contributed by atoms with Crippen molar-refractivity contribution in [2.75, 3.05) is 20.0 Å². The van der Waals surface area contributed by atoms with Crippen LogP contribution in [0, 0.1) is 4.91 Å². The molecule has 1 aliphatic heterocycles. The first kappa shape index (κ1) is 5.46. The SMILES string of the molecule is O=NN1CNCNC1. The average Bonchev–Trinajstić information content (AvgIpc) is 1.90. The van der Waals surface area contributed by atoms with Gasteiger partial charge in [-0.2, -0.15) is 0 Å². The fraction of sp³-hybridized carbons (Fsp3) is 1.00. The molecule has 0 spiro atoms. The topological polar surface area (TPSA) is 56.7 Å². The minimum atomic E-state index is 0.552. The van der Waals surface area contributed by atoms with E-state index in [1.807, 2.05) is 0 Å². The lowest BCUT2D eigenvalue weighted by Crippen LogP contribution is -2.47. The van der Waals surface area contributed by atoms with Crippen molar-refractivity contribution in [1.82, 2.24) is 15.6 Å². The summed E-state index contributed by atoms with van der Waals surface area (Å²) in [6, 6.07) is 0. The smallest absolute Gasteiger partial charge is 0.0911 e. The summed E-state index contributed by atoms with van der Waals surface area (Å²) in [6.07, 6.45) is 0. The Hall–Kier alpha value is -0.680. The quantitative estimate of drug-likeness (QED) is 0.433. The Bertz CT molecular complexity index is 79.4. The fourth-order valence-corrected chi connectivity index (χ4v) is 0.572. The Morgan fingerprint density at radius 2 is 2.00 bits per heavy atom. The first-order valence-electron chi connectivity index (χ1n) is 2.43. The molecule has 0 aromatic carbocycles. The molecule has 5 heteroatoms. The van der Waals surface area contributed by atoms with E-state index in [0.717, 1.165) is 6.67 Å². The van der Waals surface area contributed by atoms with Crippen molar-refractivity contribution in [1.29, 1.82) is 0 Å². The lowest BCUT2D eigenvalue weighted by Gasteiger charge is -2.21. The summed E-state index contributed by atoms with van der Waals surface area (Å²) in [5.41, 5.74) is 0. The van der Waals surface area contributed by atoms with Gasteiger partial charge >= 0.3 is 0 Å². The highest BCUT2D eigenvalue weighted by molar-refractivity contribution is 4.53. The molecule has 1 rings (SSSR count). The van der Waals surface area contributed by atoms with E-state index in [1.165, 1.54) is 5.01 Å². The highest BCUT2D eigenvalue weighted by atomic mass is 16.3. The fourth-order valence-electron chi connectivity index (χ4n) is 0.572. The number of nitrogens with zero attached hydrogens (tertiary/aromatic N) is 2. The Morgan fingerprint density at radius 3 is 2.38 bits per heavy atom. The molecule has 0 saturated carbocycles. The van der Waals surface area contributed by atoms with Crippen LogP contribution < -0.4 is 10.6 Å². The van der Waals surface area contributed by atoms with E-state index in [-0.39, 0.29) is 0 Å². The summed E-state index contributed by atoms with van der Waals surface area (Å²) in [6.45, 7) is 1.86. The van der Waals surface area contributed by atoms with E-state index in [4.69, 9.17) is 0 Å². The summed E-state index contributed by atoms with van der Waals surface area (Å²) in [5.74, 6) is 0. The maximum atomic E-state index is 9.76. The molecule has 46 valence electrons. The molecule has 0 bridgehead atoms. The van der Waals surface area contributed by atoms with Gasteiger partial charge in [0.15, 0.2) is 0 Å². The van der Waals surface area contributed by atoms with Gasteiger partial charge in [0.1, 0.15) is 0 Å². The molecule has 1 saturated heterocycles. The molecule has 0 aliphatic carbocycles. The third kappa shape index (κ3) is 1.14. The summed E-state index contributed by atoms with van der Waals surface area (Å²) >= 11 is 0. The van der Waals surface area contributed by atoms with Gasteiger partial charge < -0.3 is 0 Å². The summed E-state index contributed by atoms with van der Waals surface area (Å²) in [7, 11) is 0. The minimum Gasteiger partial charge on any atom is -0.286 e. The second-order valence-corrected chi connectivity index (χ2v) is 1.58. The zero-order valence-corrected chi connectivity index (χ0v) is 4.42. The first-order valence-corrected chi connectivity index (χ1v) is 2.43. The maximum absolute atomic E-state index is 9.76. The monoisotopic (exact) mass is 116 g/mol. The van der Waals surface area contributed by atoms with Crippen LogP contribution in [-0.2, 0) is 0 Å². The molecule has 1 fully saturated rings. The minimum absolute atomic E-state index is 0.552. The largest absolute Gasteiger partial charge is 0.286 e. The van der Waals surface area contributed by atoms with Crippen LogP contribution in [0.1, 0.15) is 0 Å². The standard InChI is InChI=1S/C3H8N4O/c8-6-7-2-4-1-5-3-7/h4-5H,1-3H2. The van der Waals surface area contributed by atoms with Gasteiger partial charge in [0.25, 0.3) is 0 Å². The van der Waals surface area contributed by atoms with Crippen LogP contribution >= 0.6 is 0 Å². The van der Waals surface area contributed by atoms with Gasteiger partial charge in [-0.05, 0) is 0 Å². The molecule has 8 heavy (non-hydrogen) atoms. The predicted octanol–water partition coefficient (Wildman–Crippen LogP) is -0.965. The molecule has 0 aromatic heterocycles. The Morgan fingerprint density at radius 1 is 1.38 bits per heavy atom. The molecule has 0 radical (unpaired) electrons. The van der Waals surface area contributed by atoms with E-state index >= 15 is 0 Å². The summed E-state index contributed by atoms with van der Waals surface area (Å²) in [5, 5.41) is 9.88. The van der Waals surface area contributed by atoms with Crippen molar-refractivity contribution in [3.8, 4) is 0 Å². The zero-order valence-electron chi connectivity index (χ0n) is 4.42. The van der Waals surface area contributed by atoms with Crippen molar-refractivity contribution in [2.45, 2.75) is 0 Å². The van der Waals surface area contributed by atoms with Crippen molar-refractivity contribution in [3.63, 3.8) is 0 Å². The second kappa shape index (κ2) is 2.58. The highest BCUT2D eigenvalue weighted by Crippen LogP contribution is 1.84. The van der Waals surface area contributed by atoms with Gasteiger partial charge in [0, 0.05) is 6.67 Å². The summed E-state index contributed by atoms with van der Waals surface area (Å²) < 4.78 is 0. The van der Waals surface area contributed by atoms with Gasteiger partial charge in [-0.15, -0.1) is 4.91 Å². The van der Waals surface area contributed by atoms with Crippen LogP contribution in [0.4, 0.5) is 0 Å². The predicted molar refractivity (Wildman–Crippen MR) is 28.5 cm³/mol. The Labute approximate surface area is 47.0 Å². The second-order valence-electron chi connectivity index (χ2n) is 1.58. The molecule has 0 unspecified atom stereocenters. The third-order valence-electron chi connectivity index (χ3n) is 0.954. The molecule has 1 aliphatic rings. The van der Waals surface area contributed by atoms with Gasteiger partial charge in [-0.1, -0.05) is 0 Å². The molecule has 0 amide bonds. The van der Waals surface area contributed by atoms with E-state index in [0.29, 0.717) is 13.3 Å². The van der Waals surface area contributed by atoms with Crippen LogP contribution in [0.2, 0.25) is 0 Å². The van der Waals surface area contributed by atoms with Crippen LogP contribution in [-0.4, -0.2) is 25.0 Å². The average molecular weight is 116 g/mol. The highest BCUT2D eigenvalue weighted by Gasteiger charge is 2.04. The molecule has 2 N–H and O–H groups in total. The van der Waals surface area contributed by atoms with Crippen molar-refractivity contribution >= 4 is 0 Å². The van der Waals surface area contributed by atoms with Gasteiger partial charge in [-0.25, -0.2) is 5.01 Å². The number of hydrogen-bond acceptors (Lipinski definition) is 4. The normalized spacial score (nSPS) is 20.8. The van der Waals surface area contributed by atoms with E-state index < -0.39 is 0 Å². The van der Waals surface area contributed by atoms with Crippen LogP contribution in [0.25, 0.3) is 0 Å². The van der Waals surface area contributed by atoms with E-state index in [2.05, 4.69) is 15.9 Å². The van der Waals surface area contributed by atoms with Crippen LogP contribution in [0.3, 0.4) is 0 Å². The lowest BCUT2D eigenvalue weighted by atomic mass is 10.7. The Balaban J connectivity index is 2.22. The molecule has 1 heterocycles. The van der Waals surface area contributed by atoms with Crippen LogP contribution in [0.15, 0.2) is 5.29 Å². The summed E-state index contributed by atoms with van der Waals surface area (Å²) in [4.78, 5) is 9.76. The number of rotatable bonds is 1. The maximum Gasteiger partial charge on any atom is 0.0911 e. The van der Waals surface area contributed by atoms with E-state index in [9.17, 15) is 4.91 Å². The number of nitrogens with one attached hydrogen (secondary N) is 2. The van der Waals surface area contributed by atoms with Gasteiger partial charge in [-0.3, -0.25) is 10.6 Å². The molecule has 0 atom stereocenters. The molecule has 0 aromatic rings. The van der Waals surface area contributed by atoms with Crippen molar-refractivity contribution in [3.05, 3.63) is 4.91 Å². The van der Waals surface area contributed by atoms with Crippen LogP contribution in [0.5, 0.6) is 0 Å². The van der Waals surface area contributed by atoms with Gasteiger partial charge in [0.2, 0.25) is 0 Å². The Kier molecular flexibility index (Phi) is 1.76.